The summed E-state index contributed by atoms with van der Waals surface area (Å²) in [5.74, 6) is 1.17. The van der Waals surface area contributed by atoms with Gasteiger partial charge in [0.15, 0.2) is 0 Å². The van der Waals surface area contributed by atoms with Crippen LogP contribution in [0.15, 0.2) is 126 Å². The fourth-order valence-electron chi connectivity index (χ4n) is 6.65. The van der Waals surface area contributed by atoms with Gasteiger partial charge in [0, 0.05) is 51.8 Å². The third-order valence-electron chi connectivity index (χ3n) is 8.48. The van der Waals surface area contributed by atoms with Gasteiger partial charge in [-0.25, -0.2) is 4.98 Å². The van der Waals surface area contributed by atoms with Crippen molar-refractivity contribution < 1.29 is 30.2 Å². The number of aromatic nitrogens is 4. The summed E-state index contributed by atoms with van der Waals surface area (Å²) < 4.78 is 16.9. The molecule has 0 fully saturated rings. The summed E-state index contributed by atoms with van der Waals surface area (Å²) in [6, 6.07) is 41.7. The SMILES string of the molecule is [Pt+2].[c-]1c(Oc2[c-]c3c(cc2)c2ccccc2n2ccnc32)cccc1-n1c2ncccc2c2ccc3oc4ccccc4c3c21. The predicted molar refractivity (Wildman–Crippen MR) is 174 cm³/mol. The Kier molecular flexibility index (Phi) is 5.65. The van der Waals surface area contributed by atoms with Crippen LogP contribution in [0.4, 0.5) is 0 Å². The van der Waals surface area contributed by atoms with E-state index in [0.717, 1.165) is 76.9 Å². The van der Waals surface area contributed by atoms with E-state index in [1.165, 1.54) is 0 Å². The summed E-state index contributed by atoms with van der Waals surface area (Å²) in [4.78, 5) is 9.46. The normalized spacial score (nSPS) is 11.8. The zero-order valence-corrected chi connectivity index (χ0v) is 25.7. The molecule has 6 nitrogen and oxygen atoms in total. The maximum atomic E-state index is 6.43. The van der Waals surface area contributed by atoms with Crippen molar-refractivity contribution in [1.29, 1.82) is 0 Å². The van der Waals surface area contributed by atoms with Crippen LogP contribution in [0.25, 0.3) is 76.9 Å². The minimum atomic E-state index is 0. The van der Waals surface area contributed by atoms with E-state index < -0.39 is 0 Å². The molecule has 0 saturated heterocycles. The summed E-state index contributed by atoms with van der Waals surface area (Å²) in [5.41, 5.74) is 6.33. The van der Waals surface area contributed by atoms with Gasteiger partial charge in [-0.1, -0.05) is 58.9 Å². The molecular formula is C38H20N4O2Pt. The van der Waals surface area contributed by atoms with Gasteiger partial charge >= 0.3 is 21.1 Å². The molecule has 10 aromatic rings. The van der Waals surface area contributed by atoms with Crippen molar-refractivity contribution in [3.8, 4) is 17.2 Å². The number of furan rings is 1. The number of rotatable bonds is 3. The molecule has 7 heteroatoms. The average Bonchev–Trinajstić information content (AvgIpc) is 3.79. The quantitative estimate of drug-likeness (QED) is 0.133. The Labute approximate surface area is 270 Å². The molecule has 0 aliphatic carbocycles. The first-order valence-electron chi connectivity index (χ1n) is 14.4. The summed E-state index contributed by atoms with van der Waals surface area (Å²) in [6.07, 6.45) is 5.63. The Morgan fingerprint density at radius 2 is 1.40 bits per heavy atom. The van der Waals surface area contributed by atoms with Gasteiger partial charge in [0.1, 0.15) is 16.8 Å². The Morgan fingerprint density at radius 1 is 0.600 bits per heavy atom. The van der Waals surface area contributed by atoms with Crippen molar-refractivity contribution in [1.82, 2.24) is 18.9 Å². The number of hydrogen-bond donors (Lipinski definition) is 0. The van der Waals surface area contributed by atoms with E-state index in [2.05, 4.69) is 68.5 Å². The Balaban J connectivity index is 0.00000281. The minimum Gasteiger partial charge on any atom is -0.503 e. The second-order valence-corrected chi connectivity index (χ2v) is 10.9. The van der Waals surface area contributed by atoms with Crippen molar-refractivity contribution in [2.45, 2.75) is 0 Å². The Hall–Kier alpha value is -5.45. The van der Waals surface area contributed by atoms with Crippen molar-refractivity contribution in [2.24, 2.45) is 0 Å². The van der Waals surface area contributed by atoms with Gasteiger partial charge in [-0.3, -0.25) is 4.98 Å². The van der Waals surface area contributed by atoms with Crippen LogP contribution in [-0.4, -0.2) is 18.9 Å². The molecule has 0 aliphatic heterocycles. The third-order valence-corrected chi connectivity index (χ3v) is 8.48. The number of hydrogen-bond acceptors (Lipinski definition) is 4. The van der Waals surface area contributed by atoms with Crippen molar-refractivity contribution in [3.05, 3.63) is 134 Å². The van der Waals surface area contributed by atoms with Gasteiger partial charge in [0.25, 0.3) is 0 Å². The van der Waals surface area contributed by atoms with Crippen LogP contribution >= 0.6 is 0 Å². The number of ether oxygens (including phenoxy) is 1. The van der Waals surface area contributed by atoms with Crippen LogP contribution < -0.4 is 4.74 Å². The van der Waals surface area contributed by atoms with E-state index in [0.29, 0.717) is 11.5 Å². The zero-order chi connectivity index (χ0) is 28.8. The van der Waals surface area contributed by atoms with E-state index in [9.17, 15) is 0 Å². The molecule has 0 bridgehead atoms. The molecule has 5 aromatic heterocycles. The van der Waals surface area contributed by atoms with Crippen molar-refractivity contribution >= 4 is 71.2 Å². The molecule has 214 valence electrons. The number of imidazole rings is 1. The smallest absolute Gasteiger partial charge is 0.503 e. The summed E-state index contributed by atoms with van der Waals surface area (Å²) in [5, 5.41) is 7.41. The summed E-state index contributed by atoms with van der Waals surface area (Å²) in [7, 11) is 0. The van der Waals surface area contributed by atoms with Crippen LogP contribution in [0.3, 0.4) is 0 Å². The van der Waals surface area contributed by atoms with E-state index >= 15 is 0 Å². The minimum absolute atomic E-state index is 0. The molecule has 0 aliphatic rings. The molecule has 10 rings (SSSR count). The third kappa shape index (κ3) is 3.73. The van der Waals surface area contributed by atoms with Crippen molar-refractivity contribution in [3.63, 3.8) is 0 Å². The first-order valence-corrected chi connectivity index (χ1v) is 14.4. The second-order valence-electron chi connectivity index (χ2n) is 10.9. The fraction of sp³-hybridized carbons (Fsp3) is 0. The summed E-state index contributed by atoms with van der Waals surface area (Å²) >= 11 is 0. The van der Waals surface area contributed by atoms with Crippen molar-refractivity contribution in [2.75, 3.05) is 0 Å². The molecule has 0 radical (unpaired) electrons. The predicted octanol–water partition coefficient (Wildman–Crippen LogP) is 9.42. The largest absolute Gasteiger partial charge is 2.00 e. The van der Waals surface area contributed by atoms with E-state index in [4.69, 9.17) is 14.1 Å². The molecule has 5 aromatic carbocycles. The molecule has 0 saturated carbocycles. The molecule has 5 heterocycles. The molecule has 45 heavy (non-hydrogen) atoms. The van der Waals surface area contributed by atoms with Crippen LogP contribution in [0, 0.1) is 12.1 Å². The van der Waals surface area contributed by atoms with Gasteiger partial charge in [0.05, 0.1) is 16.6 Å². The second kappa shape index (κ2) is 9.78. The number of benzene rings is 5. The van der Waals surface area contributed by atoms with Gasteiger partial charge in [-0.05, 0) is 41.8 Å². The summed E-state index contributed by atoms with van der Waals surface area (Å²) in [6.45, 7) is 0. The van der Waals surface area contributed by atoms with E-state index in [1.54, 1.807) is 0 Å². The van der Waals surface area contributed by atoms with Crippen LogP contribution in [-0.2, 0) is 21.1 Å². The Bertz CT molecular complexity index is 2770. The molecule has 0 unspecified atom stereocenters. The van der Waals surface area contributed by atoms with Gasteiger partial charge in [0.2, 0.25) is 0 Å². The number of para-hydroxylation sites is 2. The number of nitrogens with zero attached hydrogens (tertiary/aromatic N) is 4. The number of fused-ring (bicyclic) bond motifs is 13. The maximum Gasteiger partial charge on any atom is 2.00 e. The van der Waals surface area contributed by atoms with E-state index in [1.807, 2.05) is 79.3 Å². The first kappa shape index (κ1) is 26.0. The molecule has 0 atom stereocenters. The zero-order valence-electron chi connectivity index (χ0n) is 23.5. The number of pyridine rings is 2. The average molecular weight is 760 g/mol. The van der Waals surface area contributed by atoms with Gasteiger partial charge < -0.3 is 18.1 Å². The Morgan fingerprint density at radius 3 is 2.36 bits per heavy atom. The molecule has 0 amide bonds. The molecule has 0 N–H and O–H groups in total. The van der Waals surface area contributed by atoms with Gasteiger partial charge in [-0.15, -0.1) is 30.3 Å². The standard InChI is InChI=1S/C38H20N4O2.Pt/c1-3-12-32-27(9-1)26-15-14-25(22-31(26)37-40-19-20-41(32)37)43-24-8-5-7-23(21-24)42-36-28(29-11-6-18-39-38(29)42)16-17-34-35(36)30-10-2-4-13-33(30)44-34;/h1-20H;/q-2;+2. The maximum absolute atomic E-state index is 6.43. The first-order chi connectivity index (χ1) is 21.8. The van der Waals surface area contributed by atoms with Crippen LogP contribution in [0.5, 0.6) is 11.5 Å². The molecular weight excluding hydrogens is 740 g/mol. The van der Waals surface area contributed by atoms with E-state index in [-0.39, 0.29) is 21.1 Å². The van der Waals surface area contributed by atoms with Gasteiger partial charge in [-0.2, -0.15) is 6.07 Å². The van der Waals surface area contributed by atoms with Crippen LogP contribution in [0.2, 0.25) is 0 Å². The fourth-order valence-corrected chi connectivity index (χ4v) is 6.65. The van der Waals surface area contributed by atoms with Crippen LogP contribution in [0.1, 0.15) is 0 Å². The monoisotopic (exact) mass is 759 g/mol. The molecule has 0 spiro atoms. The topological polar surface area (TPSA) is 57.5 Å².